The zero-order chi connectivity index (χ0) is 28.9. The van der Waals surface area contributed by atoms with Crippen molar-refractivity contribution in [3.8, 4) is 11.5 Å². The van der Waals surface area contributed by atoms with Crippen molar-refractivity contribution in [1.29, 1.82) is 0 Å². The van der Waals surface area contributed by atoms with Crippen molar-refractivity contribution in [2.45, 2.75) is 38.3 Å². The van der Waals surface area contributed by atoms with E-state index in [1.807, 2.05) is 49.4 Å². The summed E-state index contributed by atoms with van der Waals surface area (Å²) in [6.07, 6.45) is 0.871. The van der Waals surface area contributed by atoms with E-state index in [9.17, 15) is 14.0 Å². The number of H-pyrrole nitrogens is 1. The summed E-state index contributed by atoms with van der Waals surface area (Å²) in [6.45, 7) is 4.41. The first-order valence-corrected chi connectivity index (χ1v) is 14.1. The number of fused-ring (bicyclic) bond motifs is 5. The monoisotopic (exact) mass is 575 g/mol. The number of amides is 2. The van der Waals surface area contributed by atoms with Gasteiger partial charge in [0.05, 0.1) is 26.0 Å². The molecule has 212 valence electrons. The Hall–Kier alpha value is -4.04. The van der Waals surface area contributed by atoms with E-state index in [4.69, 9.17) is 21.1 Å². The molecule has 1 fully saturated rings. The molecular formula is C32H31ClFN3O4. The number of hydrogen-bond acceptors (Lipinski definition) is 4. The largest absolute Gasteiger partial charge is 0.493 e. The highest BCUT2D eigenvalue weighted by atomic mass is 35.5. The first-order valence-electron chi connectivity index (χ1n) is 13.7. The van der Waals surface area contributed by atoms with Gasteiger partial charge in [-0.2, -0.15) is 0 Å². The fourth-order valence-corrected chi connectivity index (χ4v) is 6.43. The number of halogens is 2. The molecule has 1 aromatic heterocycles. The molecule has 4 aromatic rings. The van der Waals surface area contributed by atoms with Crippen LogP contribution in [0.15, 0.2) is 60.7 Å². The number of nitrogens with one attached hydrogen (secondary N) is 1. The summed E-state index contributed by atoms with van der Waals surface area (Å²) in [6, 6.07) is 18.1. The van der Waals surface area contributed by atoms with Crippen LogP contribution in [0.1, 0.15) is 48.6 Å². The summed E-state index contributed by atoms with van der Waals surface area (Å²) < 4.78 is 26.2. The molecule has 6 rings (SSSR count). The van der Waals surface area contributed by atoms with Crippen molar-refractivity contribution in [2.75, 3.05) is 26.8 Å². The van der Waals surface area contributed by atoms with E-state index in [-0.39, 0.29) is 41.4 Å². The molecule has 7 nitrogen and oxygen atoms in total. The van der Waals surface area contributed by atoms with Gasteiger partial charge in [0.2, 0.25) is 5.91 Å². The zero-order valence-corrected chi connectivity index (χ0v) is 23.9. The van der Waals surface area contributed by atoms with Crippen molar-refractivity contribution in [3.63, 3.8) is 0 Å². The highest BCUT2D eigenvalue weighted by molar-refractivity contribution is 6.31. The Labute approximate surface area is 242 Å². The van der Waals surface area contributed by atoms with Crippen LogP contribution in [-0.2, 0) is 21.7 Å². The van der Waals surface area contributed by atoms with E-state index >= 15 is 0 Å². The smallest absolute Gasteiger partial charge is 0.255 e. The zero-order valence-electron chi connectivity index (χ0n) is 23.2. The topological polar surface area (TPSA) is 74.9 Å². The summed E-state index contributed by atoms with van der Waals surface area (Å²) in [5, 5.41) is 1.20. The number of aromatic amines is 1. The van der Waals surface area contributed by atoms with E-state index in [0.29, 0.717) is 30.3 Å². The lowest BCUT2D eigenvalue weighted by Gasteiger charge is -2.51. The van der Waals surface area contributed by atoms with Gasteiger partial charge in [0, 0.05) is 34.0 Å². The van der Waals surface area contributed by atoms with Gasteiger partial charge in [-0.1, -0.05) is 48.9 Å². The molecule has 1 saturated heterocycles. The van der Waals surface area contributed by atoms with Gasteiger partial charge in [-0.15, -0.1) is 0 Å². The van der Waals surface area contributed by atoms with Crippen LogP contribution in [0.2, 0.25) is 5.02 Å². The minimum Gasteiger partial charge on any atom is -0.493 e. The van der Waals surface area contributed by atoms with Crippen LogP contribution in [-0.4, -0.2) is 53.4 Å². The average Bonchev–Trinajstić information content (AvgIpc) is 3.37. The molecule has 3 heterocycles. The van der Waals surface area contributed by atoms with Crippen molar-refractivity contribution >= 4 is 34.3 Å². The van der Waals surface area contributed by atoms with E-state index in [0.717, 1.165) is 28.5 Å². The van der Waals surface area contributed by atoms with Crippen LogP contribution in [0.5, 0.6) is 11.5 Å². The van der Waals surface area contributed by atoms with Crippen molar-refractivity contribution in [1.82, 2.24) is 14.8 Å². The summed E-state index contributed by atoms with van der Waals surface area (Å²) in [5.41, 5.74) is 2.30. The second-order valence-corrected chi connectivity index (χ2v) is 11.1. The van der Waals surface area contributed by atoms with Crippen LogP contribution in [0, 0.1) is 5.82 Å². The SMILES string of the molecule is CCCOc1ccc(C2CN3C(=O)CN(Cc4c(F)cccc4Cl)C(=O)C3(C)c3[nH]c4ccccc4c32)cc1OC. The van der Waals surface area contributed by atoms with Crippen LogP contribution >= 0.6 is 11.6 Å². The molecule has 1 N–H and O–H groups in total. The van der Waals surface area contributed by atoms with Gasteiger partial charge >= 0.3 is 0 Å². The Morgan fingerprint density at radius 2 is 1.90 bits per heavy atom. The number of piperazine rings is 1. The summed E-state index contributed by atoms with van der Waals surface area (Å²) in [5.74, 6) is 0.0184. The normalized spacial score (nSPS) is 20.3. The molecule has 0 saturated carbocycles. The second kappa shape index (κ2) is 10.4. The number of aromatic nitrogens is 1. The molecule has 3 aromatic carbocycles. The van der Waals surface area contributed by atoms with Gasteiger partial charge in [0.1, 0.15) is 12.4 Å². The minimum atomic E-state index is -1.31. The number of rotatable bonds is 7. The molecule has 2 atom stereocenters. The highest BCUT2D eigenvalue weighted by Crippen LogP contribution is 2.49. The van der Waals surface area contributed by atoms with Crippen LogP contribution < -0.4 is 9.47 Å². The predicted octanol–water partition coefficient (Wildman–Crippen LogP) is 5.99. The minimum absolute atomic E-state index is 0.102. The number of carbonyl (C=O) groups excluding carboxylic acids is 2. The third kappa shape index (κ3) is 4.32. The van der Waals surface area contributed by atoms with Gasteiger partial charge in [-0.05, 0) is 54.8 Å². The number of carbonyl (C=O) groups is 2. The molecule has 2 unspecified atom stereocenters. The predicted molar refractivity (Wildman–Crippen MR) is 155 cm³/mol. The molecule has 2 aliphatic rings. The number of para-hydroxylation sites is 1. The van der Waals surface area contributed by atoms with Gasteiger partial charge in [0.15, 0.2) is 17.0 Å². The summed E-state index contributed by atoms with van der Waals surface area (Å²) in [4.78, 5) is 34.6. The Kier molecular flexibility index (Phi) is 6.90. The standard InChI is InChI=1S/C32H31ClFN3O4/c1-4-14-41-26-13-12-19(15-27(26)40-3)21-17-37-28(38)18-36(16-22-23(33)9-7-10-24(22)34)31(39)32(37,2)30-29(21)20-8-5-6-11-25(20)35-30/h5-13,15,21,35H,4,14,16-18H2,1-3H3. The van der Waals surface area contributed by atoms with Gasteiger partial charge in [-0.25, -0.2) is 4.39 Å². The number of benzene rings is 3. The quantitative estimate of drug-likeness (QED) is 0.294. The second-order valence-electron chi connectivity index (χ2n) is 10.7. The Morgan fingerprint density at radius 3 is 2.66 bits per heavy atom. The lowest BCUT2D eigenvalue weighted by Crippen LogP contribution is -2.67. The molecule has 2 aliphatic heterocycles. The fraction of sp³-hybridized carbons (Fsp3) is 0.312. The van der Waals surface area contributed by atoms with E-state index in [1.165, 1.54) is 17.0 Å². The number of methoxy groups -OCH3 is 1. The van der Waals surface area contributed by atoms with E-state index < -0.39 is 11.4 Å². The summed E-state index contributed by atoms with van der Waals surface area (Å²) >= 11 is 6.29. The van der Waals surface area contributed by atoms with Crippen molar-refractivity contribution in [2.24, 2.45) is 0 Å². The maximum absolute atomic E-state index is 14.7. The van der Waals surface area contributed by atoms with Gasteiger partial charge in [0.25, 0.3) is 5.91 Å². The Balaban J connectivity index is 1.47. The van der Waals surface area contributed by atoms with Crippen molar-refractivity contribution in [3.05, 3.63) is 93.9 Å². The van der Waals surface area contributed by atoms with Gasteiger partial charge < -0.3 is 24.3 Å². The van der Waals surface area contributed by atoms with Crippen molar-refractivity contribution < 1.29 is 23.5 Å². The molecule has 0 aliphatic carbocycles. The lowest BCUT2D eigenvalue weighted by molar-refractivity contribution is -0.167. The molecular weight excluding hydrogens is 545 g/mol. The van der Waals surface area contributed by atoms with E-state index in [1.54, 1.807) is 25.0 Å². The maximum Gasteiger partial charge on any atom is 0.255 e. The van der Waals surface area contributed by atoms with Gasteiger partial charge in [-0.3, -0.25) is 9.59 Å². The molecule has 0 radical (unpaired) electrons. The first-order chi connectivity index (χ1) is 19.8. The molecule has 41 heavy (non-hydrogen) atoms. The summed E-state index contributed by atoms with van der Waals surface area (Å²) in [7, 11) is 1.61. The molecule has 9 heteroatoms. The highest BCUT2D eigenvalue weighted by Gasteiger charge is 2.56. The Bertz CT molecular complexity index is 1650. The first kappa shape index (κ1) is 27.1. The van der Waals surface area contributed by atoms with Crippen LogP contribution in [0.3, 0.4) is 0 Å². The number of hydrogen-bond donors (Lipinski definition) is 1. The fourth-order valence-electron chi connectivity index (χ4n) is 6.21. The molecule has 0 bridgehead atoms. The Morgan fingerprint density at radius 1 is 1.10 bits per heavy atom. The molecule has 0 spiro atoms. The number of ether oxygens (including phenoxy) is 2. The van der Waals surface area contributed by atoms with Crippen LogP contribution in [0.25, 0.3) is 10.9 Å². The third-order valence-corrected chi connectivity index (χ3v) is 8.63. The lowest BCUT2D eigenvalue weighted by atomic mass is 9.76. The maximum atomic E-state index is 14.7. The van der Waals surface area contributed by atoms with E-state index in [2.05, 4.69) is 4.98 Å². The van der Waals surface area contributed by atoms with Crippen LogP contribution in [0.4, 0.5) is 4.39 Å². The third-order valence-electron chi connectivity index (χ3n) is 8.28. The number of nitrogens with zero attached hydrogens (tertiary/aromatic N) is 2. The molecule has 2 amide bonds. The average molecular weight is 576 g/mol.